The fourth-order valence-corrected chi connectivity index (χ4v) is 2.52. The maximum Gasteiger partial charge on any atom is 0.123 e. The lowest BCUT2D eigenvalue weighted by atomic mass is 10.1. The summed E-state index contributed by atoms with van der Waals surface area (Å²) in [6.45, 7) is 0. The second kappa shape index (κ2) is 3.17. The van der Waals surface area contributed by atoms with Gasteiger partial charge in [0.2, 0.25) is 0 Å². The fraction of sp³-hybridized carbons (Fsp3) is 0.0909. The Labute approximate surface area is 91.3 Å². The van der Waals surface area contributed by atoms with Crippen molar-refractivity contribution in [1.29, 1.82) is 0 Å². The number of nitrogens with zero attached hydrogens (tertiary/aromatic N) is 2. The molecule has 2 heterocycles. The number of nitrogen functional groups attached to an aromatic ring is 1. The molecule has 3 rings (SSSR count). The Morgan fingerprint density at radius 1 is 1.33 bits per heavy atom. The highest BCUT2D eigenvalue weighted by molar-refractivity contribution is 7.10. The Morgan fingerprint density at radius 3 is 3.07 bits per heavy atom. The second-order valence-corrected chi connectivity index (χ2v) is 4.37. The van der Waals surface area contributed by atoms with Gasteiger partial charge in [0.15, 0.2) is 0 Å². The molecule has 0 atom stereocenters. The van der Waals surface area contributed by atoms with Crippen LogP contribution in [0.2, 0.25) is 0 Å². The molecule has 0 saturated carbocycles. The molecule has 0 saturated heterocycles. The smallest absolute Gasteiger partial charge is 0.123 e. The van der Waals surface area contributed by atoms with E-state index in [0.717, 1.165) is 12.0 Å². The topological polar surface area (TPSA) is 51.8 Å². The number of nitrogens with two attached hydrogens (primary N) is 1. The van der Waals surface area contributed by atoms with Crippen LogP contribution in [0.4, 0.5) is 5.82 Å². The number of hydrogen-bond acceptors (Lipinski definition) is 4. The number of allylic oxidation sites excluding steroid dienone is 1. The molecule has 4 heteroatoms. The Balaban J connectivity index is 2.01. The van der Waals surface area contributed by atoms with E-state index in [9.17, 15) is 0 Å². The summed E-state index contributed by atoms with van der Waals surface area (Å²) in [7, 11) is 0. The van der Waals surface area contributed by atoms with E-state index in [1.165, 1.54) is 16.1 Å². The highest BCUT2D eigenvalue weighted by Gasteiger charge is 2.16. The Hall–Kier alpha value is -1.68. The van der Waals surface area contributed by atoms with E-state index in [0.29, 0.717) is 5.82 Å². The van der Waals surface area contributed by atoms with Crippen molar-refractivity contribution in [3.05, 3.63) is 40.0 Å². The maximum absolute atomic E-state index is 5.66. The van der Waals surface area contributed by atoms with E-state index in [1.54, 1.807) is 17.5 Å². The monoisotopic (exact) mass is 215 g/mol. The van der Waals surface area contributed by atoms with Gasteiger partial charge in [-0.15, -0.1) is 11.3 Å². The van der Waals surface area contributed by atoms with E-state index in [2.05, 4.69) is 16.0 Å². The van der Waals surface area contributed by atoms with Crippen molar-refractivity contribution >= 4 is 28.8 Å². The fourth-order valence-electron chi connectivity index (χ4n) is 1.75. The Morgan fingerprint density at radius 2 is 2.27 bits per heavy atom. The lowest BCUT2D eigenvalue weighted by molar-refractivity contribution is 1.18. The molecule has 3 nitrogen and oxygen atoms in total. The van der Waals surface area contributed by atoms with Crippen molar-refractivity contribution in [3.8, 4) is 0 Å². The maximum atomic E-state index is 5.66. The molecule has 0 spiro atoms. The average molecular weight is 215 g/mol. The number of fused-ring (bicyclic) bond motifs is 1. The van der Waals surface area contributed by atoms with Gasteiger partial charge in [-0.2, -0.15) is 0 Å². The summed E-state index contributed by atoms with van der Waals surface area (Å²) in [6.07, 6.45) is 4.83. The molecule has 2 aromatic heterocycles. The van der Waals surface area contributed by atoms with Crippen LogP contribution in [0.3, 0.4) is 0 Å². The molecule has 0 bridgehead atoms. The first-order valence-electron chi connectivity index (χ1n) is 4.68. The number of thiazole rings is 1. The number of hydrogen-bond donors (Lipinski definition) is 1. The van der Waals surface area contributed by atoms with E-state index in [1.807, 2.05) is 17.6 Å². The summed E-state index contributed by atoms with van der Waals surface area (Å²) >= 11 is 1.68. The van der Waals surface area contributed by atoms with Crippen LogP contribution in [0.15, 0.2) is 23.8 Å². The summed E-state index contributed by atoms with van der Waals surface area (Å²) in [5.74, 6) is 0.566. The zero-order valence-electron chi connectivity index (χ0n) is 7.97. The first kappa shape index (κ1) is 8.61. The zero-order valence-corrected chi connectivity index (χ0v) is 8.79. The Kier molecular flexibility index (Phi) is 1.82. The highest BCUT2D eigenvalue weighted by atomic mass is 32.1. The predicted octanol–water partition coefficient (Wildman–Crippen LogP) is 2.22. The lowest BCUT2D eigenvalue weighted by Gasteiger charge is -2.01. The van der Waals surface area contributed by atoms with Crippen LogP contribution < -0.4 is 5.73 Å². The minimum atomic E-state index is 0.566. The molecule has 1 aliphatic carbocycles. The van der Waals surface area contributed by atoms with E-state index < -0.39 is 0 Å². The highest BCUT2D eigenvalue weighted by Crippen LogP contribution is 2.33. The lowest BCUT2D eigenvalue weighted by Crippen LogP contribution is -1.92. The first-order chi connectivity index (χ1) is 7.33. The van der Waals surface area contributed by atoms with Crippen molar-refractivity contribution in [2.45, 2.75) is 6.42 Å². The van der Waals surface area contributed by atoms with Gasteiger partial charge in [0.1, 0.15) is 5.82 Å². The molecule has 0 aliphatic heterocycles. The predicted molar refractivity (Wildman–Crippen MR) is 62.3 cm³/mol. The van der Waals surface area contributed by atoms with Gasteiger partial charge in [-0.3, -0.25) is 0 Å². The van der Waals surface area contributed by atoms with Crippen LogP contribution in [0.25, 0.3) is 11.6 Å². The SMILES string of the molecule is Nc1cc(C2=Cc3scnc3C2)ccn1. The van der Waals surface area contributed by atoms with Gasteiger partial charge < -0.3 is 5.73 Å². The molecule has 2 aromatic rings. The summed E-state index contributed by atoms with van der Waals surface area (Å²) in [5, 5.41) is 0. The van der Waals surface area contributed by atoms with Crippen LogP contribution in [0, 0.1) is 0 Å². The molecule has 15 heavy (non-hydrogen) atoms. The van der Waals surface area contributed by atoms with Crippen LogP contribution >= 0.6 is 11.3 Å². The van der Waals surface area contributed by atoms with Crippen LogP contribution in [-0.2, 0) is 6.42 Å². The third kappa shape index (κ3) is 1.43. The minimum absolute atomic E-state index is 0.566. The van der Waals surface area contributed by atoms with Crippen LogP contribution in [0.5, 0.6) is 0 Å². The van der Waals surface area contributed by atoms with Crippen molar-refractivity contribution in [2.75, 3.05) is 5.73 Å². The summed E-state index contributed by atoms with van der Waals surface area (Å²) in [4.78, 5) is 9.56. The van der Waals surface area contributed by atoms with Crippen molar-refractivity contribution < 1.29 is 0 Å². The van der Waals surface area contributed by atoms with Gasteiger partial charge in [-0.1, -0.05) is 0 Å². The van der Waals surface area contributed by atoms with Gasteiger partial charge in [-0.25, -0.2) is 9.97 Å². The summed E-state index contributed by atoms with van der Waals surface area (Å²) < 4.78 is 0. The number of pyridine rings is 1. The summed E-state index contributed by atoms with van der Waals surface area (Å²) in [6, 6.07) is 3.89. The number of anilines is 1. The van der Waals surface area contributed by atoms with E-state index >= 15 is 0 Å². The van der Waals surface area contributed by atoms with Gasteiger partial charge in [-0.05, 0) is 29.3 Å². The third-order valence-corrected chi connectivity index (χ3v) is 3.31. The largest absolute Gasteiger partial charge is 0.384 e. The number of aromatic nitrogens is 2. The molecule has 0 fully saturated rings. The van der Waals surface area contributed by atoms with E-state index in [4.69, 9.17) is 5.73 Å². The van der Waals surface area contributed by atoms with Crippen LogP contribution in [-0.4, -0.2) is 9.97 Å². The molecule has 0 unspecified atom stereocenters. The molecule has 1 aliphatic rings. The zero-order chi connectivity index (χ0) is 10.3. The minimum Gasteiger partial charge on any atom is -0.384 e. The standard InChI is InChI=1S/C11H9N3S/c12-11-5-7(1-2-13-11)8-3-9-10(4-8)15-6-14-9/h1-2,4-6H,3H2,(H2,12,13). The summed E-state index contributed by atoms with van der Waals surface area (Å²) in [5.41, 5.74) is 11.1. The van der Waals surface area contributed by atoms with Gasteiger partial charge in [0.25, 0.3) is 0 Å². The van der Waals surface area contributed by atoms with Crippen molar-refractivity contribution in [2.24, 2.45) is 0 Å². The van der Waals surface area contributed by atoms with Crippen LogP contribution in [0.1, 0.15) is 16.1 Å². The normalized spacial score (nSPS) is 13.7. The van der Waals surface area contributed by atoms with E-state index in [-0.39, 0.29) is 0 Å². The molecular formula is C11H9N3S. The van der Waals surface area contributed by atoms with Gasteiger partial charge in [0, 0.05) is 12.6 Å². The third-order valence-electron chi connectivity index (χ3n) is 2.49. The average Bonchev–Trinajstić information content (AvgIpc) is 2.76. The number of rotatable bonds is 1. The first-order valence-corrected chi connectivity index (χ1v) is 5.56. The molecule has 0 aromatic carbocycles. The molecule has 74 valence electrons. The second-order valence-electron chi connectivity index (χ2n) is 3.48. The molecule has 0 radical (unpaired) electrons. The molecule has 2 N–H and O–H groups in total. The quantitative estimate of drug-likeness (QED) is 0.793. The van der Waals surface area contributed by atoms with Crippen molar-refractivity contribution in [3.63, 3.8) is 0 Å². The Bertz CT molecular complexity index is 542. The van der Waals surface area contributed by atoms with Crippen molar-refractivity contribution in [1.82, 2.24) is 9.97 Å². The van der Waals surface area contributed by atoms with Gasteiger partial charge in [0.05, 0.1) is 16.1 Å². The molecular weight excluding hydrogens is 206 g/mol. The molecule has 0 amide bonds. The van der Waals surface area contributed by atoms with Gasteiger partial charge >= 0.3 is 0 Å².